The standard InChI is InChI=1S/C8H11N3O/c1-11-8(12)4-7(5-9-11)10-6-2-3-6/h4-6,10H,2-3H2,1H3. The summed E-state index contributed by atoms with van der Waals surface area (Å²) in [6, 6.07) is 2.14. The quantitative estimate of drug-likeness (QED) is 0.688. The van der Waals surface area contributed by atoms with Crippen LogP contribution >= 0.6 is 0 Å². The fourth-order valence-electron chi connectivity index (χ4n) is 1.01. The van der Waals surface area contributed by atoms with Gasteiger partial charge in [0.15, 0.2) is 0 Å². The third kappa shape index (κ3) is 1.47. The second-order valence-electron chi connectivity index (χ2n) is 3.12. The van der Waals surface area contributed by atoms with Gasteiger partial charge in [-0.2, -0.15) is 5.10 Å². The van der Waals surface area contributed by atoms with Crippen LogP contribution in [0.4, 0.5) is 5.69 Å². The van der Waals surface area contributed by atoms with Crippen molar-refractivity contribution in [3.8, 4) is 0 Å². The van der Waals surface area contributed by atoms with E-state index in [1.54, 1.807) is 19.3 Å². The van der Waals surface area contributed by atoms with E-state index in [1.165, 1.54) is 17.5 Å². The molecule has 0 aliphatic heterocycles. The average molecular weight is 165 g/mol. The number of hydrogen-bond acceptors (Lipinski definition) is 3. The van der Waals surface area contributed by atoms with Gasteiger partial charge in [0.25, 0.3) is 5.56 Å². The Bertz CT molecular complexity index is 340. The van der Waals surface area contributed by atoms with Crippen molar-refractivity contribution in [2.75, 3.05) is 5.32 Å². The number of aromatic nitrogens is 2. The van der Waals surface area contributed by atoms with E-state index < -0.39 is 0 Å². The zero-order chi connectivity index (χ0) is 8.55. The predicted octanol–water partition coefficient (Wildman–Crippen LogP) is 0.355. The molecule has 1 N–H and O–H groups in total. The van der Waals surface area contributed by atoms with Gasteiger partial charge in [-0.05, 0) is 12.8 Å². The van der Waals surface area contributed by atoms with E-state index in [2.05, 4.69) is 10.4 Å². The predicted molar refractivity (Wildman–Crippen MR) is 46.1 cm³/mol. The Morgan fingerprint density at radius 1 is 1.67 bits per heavy atom. The van der Waals surface area contributed by atoms with Gasteiger partial charge < -0.3 is 5.32 Å². The Morgan fingerprint density at radius 2 is 2.42 bits per heavy atom. The number of hydrogen-bond donors (Lipinski definition) is 1. The second kappa shape index (κ2) is 2.62. The third-order valence-electron chi connectivity index (χ3n) is 1.92. The van der Waals surface area contributed by atoms with Crippen LogP contribution in [-0.2, 0) is 7.05 Å². The van der Waals surface area contributed by atoms with E-state index in [0.717, 1.165) is 5.69 Å². The van der Waals surface area contributed by atoms with Gasteiger partial charge in [-0.3, -0.25) is 4.79 Å². The first-order valence-corrected chi connectivity index (χ1v) is 4.05. The highest BCUT2D eigenvalue weighted by Gasteiger charge is 2.20. The molecule has 64 valence electrons. The Morgan fingerprint density at radius 3 is 3.00 bits per heavy atom. The lowest BCUT2D eigenvalue weighted by atomic mass is 10.4. The van der Waals surface area contributed by atoms with Crippen LogP contribution in [0.1, 0.15) is 12.8 Å². The summed E-state index contributed by atoms with van der Waals surface area (Å²) in [4.78, 5) is 11.1. The minimum atomic E-state index is -0.0688. The Hall–Kier alpha value is -1.32. The molecule has 1 fully saturated rings. The van der Waals surface area contributed by atoms with Gasteiger partial charge in [0.2, 0.25) is 0 Å². The van der Waals surface area contributed by atoms with Crippen molar-refractivity contribution < 1.29 is 0 Å². The molecule has 1 aliphatic carbocycles. The molecule has 4 nitrogen and oxygen atoms in total. The summed E-state index contributed by atoms with van der Waals surface area (Å²) in [5.74, 6) is 0. The van der Waals surface area contributed by atoms with Crippen molar-refractivity contribution in [2.24, 2.45) is 7.05 Å². The van der Waals surface area contributed by atoms with E-state index in [9.17, 15) is 4.79 Å². The number of nitrogens with one attached hydrogen (secondary N) is 1. The fourth-order valence-corrected chi connectivity index (χ4v) is 1.01. The zero-order valence-corrected chi connectivity index (χ0v) is 6.95. The molecular weight excluding hydrogens is 154 g/mol. The number of anilines is 1. The molecule has 2 rings (SSSR count). The fraction of sp³-hybridized carbons (Fsp3) is 0.500. The lowest BCUT2D eigenvalue weighted by molar-refractivity contribution is 0.708. The molecule has 0 spiro atoms. The monoisotopic (exact) mass is 165 g/mol. The van der Waals surface area contributed by atoms with E-state index in [0.29, 0.717) is 6.04 Å². The topological polar surface area (TPSA) is 46.9 Å². The highest BCUT2D eigenvalue weighted by atomic mass is 16.1. The second-order valence-corrected chi connectivity index (χ2v) is 3.12. The zero-order valence-electron chi connectivity index (χ0n) is 6.95. The normalized spacial score (nSPS) is 16.1. The molecule has 12 heavy (non-hydrogen) atoms. The maximum absolute atomic E-state index is 11.1. The summed E-state index contributed by atoms with van der Waals surface area (Å²) < 4.78 is 1.32. The first-order valence-electron chi connectivity index (χ1n) is 4.05. The molecule has 1 heterocycles. The Balaban J connectivity index is 2.21. The van der Waals surface area contributed by atoms with Crippen LogP contribution in [0.2, 0.25) is 0 Å². The van der Waals surface area contributed by atoms with Crippen LogP contribution in [0.3, 0.4) is 0 Å². The molecule has 1 saturated carbocycles. The molecule has 1 aromatic heterocycles. The molecule has 0 amide bonds. The molecule has 0 bridgehead atoms. The first-order chi connectivity index (χ1) is 5.75. The van der Waals surface area contributed by atoms with E-state index in [-0.39, 0.29) is 5.56 Å². The van der Waals surface area contributed by atoms with Crippen molar-refractivity contribution in [3.63, 3.8) is 0 Å². The average Bonchev–Trinajstić information content (AvgIpc) is 2.81. The van der Waals surface area contributed by atoms with Gasteiger partial charge >= 0.3 is 0 Å². The molecule has 0 aromatic carbocycles. The van der Waals surface area contributed by atoms with E-state index in [4.69, 9.17) is 0 Å². The van der Waals surface area contributed by atoms with Crippen molar-refractivity contribution in [2.45, 2.75) is 18.9 Å². The highest BCUT2D eigenvalue weighted by molar-refractivity contribution is 5.41. The van der Waals surface area contributed by atoms with Gasteiger partial charge in [0.05, 0.1) is 11.9 Å². The Labute approximate surface area is 70.2 Å². The summed E-state index contributed by atoms with van der Waals surface area (Å²) in [6.45, 7) is 0. The molecule has 4 heteroatoms. The van der Waals surface area contributed by atoms with Crippen LogP contribution in [0.5, 0.6) is 0 Å². The lowest BCUT2D eigenvalue weighted by Gasteiger charge is -2.02. The Kier molecular flexibility index (Phi) is 1.60. The molecule has 1 aliphatic rings. The smallest absolute Gasteiger partial charge is 0.268 e. The lowest BCUT2D eigenvalue weighted by Crippen LogP contribution is -2.19. The number of rotatable bonds is 2. The summed E-state index contributed by atoms with van der Waals surface area (Å²) >= 11 is 0. The van der Waals surface area contributed by atoms with Gasteiger partial charge in [-0.15, -0.1) is 0 Å². The molecule has 0 saturated heterocycles. The minimum Gasteiger partial charge on any atom is -0.381 e. The van der Waals surface area contributed by atoms with E-state index in [1.807, 2.05) is 0 Å². The minimum absolute atomic E-state index is 0.0688. The highest BCUT2D eigenvalue weighted by Crippen LogP contribution is 2.23. The van der Waals surface area contributed by atoms with Crippen molar-refractivity contribution in [1.29, 1.82) is 0 Å². The summed E-state index contributed by atoms with van der Waals surface area (Å²) in [5.41, 5.74) is 0.765. The van der Waals surface area contributed by atoms with Crippen molar-refractivity contribution in [3.05, 3.63) is 22.6 Å². The van der Waals surface area contributed by atoms with Gasteiger partial charge in [0.1, 0.15) is 0 Å². The molecule has 0 atom stereocenters. The largest absolute Gasteiger partial charge is 0.381 e. The number of nitrogens with zero attached hydrogens (tertiary/aromatic N) is 2. The molecule has 0 unspecified atom stereocenters. The van der Waals surface area contributed by atoms with Crippen LogP contribution < -0.4 is 10.9 Å². The summed E-state index contributed by atoms with van der Waals surface area (Å²) in [6.07, 6.45) is 4.09. The van der Waals surface area contributed by atoms with Crippen LogP contribution in [0.25, 0.3) is 0 Å². The van der Waals surface area contributed by atoms with Crippen LogP contribution in [0.15, 0.2) is 17.1 Å². The van der Waals surface area contributed by atoms with Crippen molar-refractivity contribution >= 4 is 5.69 Å². The van der Waals surface area contributed by atoms with Crippen LogP contribution in [-0.4, -0.2) is 15.8 Å². The summed E-state index contributed by atoms with van der Waals surface area (Å²) in [7, 11) is 1.64. The van der Waals surface area contributed by atoms with Crippen LogP contribution in [0, 0.1) is 0 Å². The first kappa shape index (κ1) is 7.34. The number of aryl methyl sites for hydroxylation is 1. The van der Waals surface area contributed by atoms with Gasteiger partial charge in [-0.1, -0.05) is 0 Å². The molecular formula is C8H11N3O. The molecule has 1 aromatic rings. The molecule has 0 radical (unpaired) electrons. The third-order valence-corrected chi connectivity index (χ3v) is 1.92. The SMILES string of the molecule is Cn1ncc(NC2CC2)cc1=O. The van der Waals surface area contributed by atoms with E-state index >= 15 is 0 Å². The van der Waals surface area contributed by atoms with Gasteiger partial charge in [0, 0.05) is 19.2 Å². The maximum Gasteiger partial charge on any atom is 0.268 e. The van der Waals surface area contributed by atoms with Crippen molar-refractivity contribution in [1.82, 2.24) is 9.78 Å². The summed E-state index contributed by atoms with van der Waals surface area (Å²) in [5, 5.41) is 7.11. The maximum atomic E-state index is 11.1. The van der Waals surface area contributed by atoms with Gasteiger partial charge in [-0.25, -0.2) is 4.68 Å².